The van der Waals surface area contributed by atoms with E-state index in [1.807, 2.05) is 18.3 Å². The lowest BCUT2D eigenvalue weighted by Gasteiger charge is -2.40. The van der Waals surface area contributed by atoms with E-state index in [9.17, 15) is 14.4 Å². The minimum atomic E-state index is -0.852. The number of nitriles is 1. The van der Waals surface area contributed by atoms with Crippen LogP contribution in [-0.4, -0.2) is 87.7 Å². The highest BCUT2D eigenvalue weighted by Gasteiger charge is 2.49. The first-order chi connectivity index (χ1) is 21.0. The van der Waals surface area contributed by atoms with Crippen LogP contribution in [0.25, 0.3) is 32.2 Å². The number of fused-ring (bicyclic) bond motifs is 3. The van der Waals surface area contributed by atoms with Crippen molar-refractivity contribution >= 4 is 44.2 Å². The monoisotopic (exact) mass is 597 g/mol. The number of benzene rings is 1. The van der Waals surface area contributed by atoms with Crippen molar-refractivity contribution in [3.63, 3.8) is 0 Å². The summed E-state index contributed by atoms with van der Waals surface area (Å²) in [6, 6.07) is 12.5. The molecule has 0 spiro atoms. The molecular weight excluding hydrogens is 565 g/mol. The summed E-state index contributed by atoms with van der Waals surface area (Å²) in [4.78, 5) is 33.0. The first-order valence-corrected chi connectivity index (χ1v) is 15.6. The van der Waals surface area contributed by atoms with Crippen LogP contribution in [0.15, 0.2) is 54.6 Å². The second-order valence-corrected chi connectivity index (χ2v) is 12.6. The summed E-state index contributed by atoms with van der Waals surface area (Å²) < 4.78 is 22.0. The molecule has 0 N–H and O–H groups in total. The first-order valence-electron chi connectivity index (χ1n) is 14.7. The number of pyridine rings is 1. The Morgan fingerprint density at radius 1 is 1.26 bits per heavy atom. The molecule has 220 valence electrons. The van der Waals surface area contributed by atoms with E-state index >= 15 is 0 Å². The van der Waals surface area contributed by atoms with Crippen LogP contribution in [0.2, 0.25) is 0 Å². The van der Waals surface area contributed by atoms with E-state index in [0.717, 1.165) is 35.9 Å². The van der Waals surface area contributed by atoms with Crippen LogP contribution in [0.3, 0.4) is 0 Å². The van der Waals surface area contributed by atoms with Crippen LogP contribution in [0, 0.1) is 11.3 Å². The summed E-state index contributed by atoms with van der Waals surface area (Å²) >= 11 is 1.70. The minimum Gasteiger partial charge on any atom is -0.461 e. The van der Waals surface area contributed by atoms with Gasteiger partial charge in [0.15, 0.2) is 5.82 Å². The van der Waals surface area contributed by atoms with Crippen molar-refractivity contribution in [2.75, 3.05) is 44.2 Å². The topological polar surface area (TPSA) is 98.5 Å². The summed E-state index contributed by atoms with van der Waals surface area (Å²) in [5.74, 6) is 0.412. The molecule has 0 saturated carbocycles. The van der Waals surface area contributed by atoms with Crippen LogP contribution in [0.4, 0.5) is 10.2 Å². The Labute approximate surface area is 253 Å². The van der Waals surface area contributed by atoms with Gasteiger partial charge in [-0.1, -0.05) is 18.7 Å². The fourth-order valence-electron chi connectivity index (χ4n) is 7.04. The Morgan fingerprint density at radius 3 is 3.02 bits per heavy atom. The number of aromatic nitrogens is 3. The van der Waals surface area contributed by atoms with Gasteiger partial charge in [0.2, 0.25) is 5.91 Å². The summed E-state index contributed by atoms with van der Waals surface area (Å²) in [6.07, 6.45) is 4.85. The lowest BCUT2D eigenvalue weighted by atomic mass is 9.95. The van der Waals surface area contributed by atoms with Gasteiger partial charge in [-0.25, -0.2) is 4.39 Å². The number of nitrogens with zero attached hydrogens (tertiary/aromatic N) is 7. The number of hydrogen-bond donors (Lipinski definition) is 0. The Kier molecular flexibility index (Phi) is 7.19. The Balaban J connectivity index is 1.28. The molecule has 3 aromatic heterocycles. The van der Waals surface area contributed by atoms with E-state index in [-0.39, 0.29) is 29.9 Å². The van der Waals surface area contributed by atoms with Crippen LogP contribution >= 0.6 is 11.3 Å². The number of alkyl halides is 1. The molecule has 6 heterocycles. The van der Waals surface area contributed by atoms with Crippen molar-refractivity contribution < 1.29 is 13.9 Å². The lowest BCUT2D eigenvalue weighted by molar-refractivity contribution is -0.128. The second-order valence-electron chi connectivity index (χ2n) is 11.6. The largest absolute Gasteiger partial charge is 0.461 e. The zero-order valence-corrected chi connectivity index (χ0v) is 24.6. The fourth-order valence-corrected chi connectivity index (χ4v) is 7.86. The van der Waals surface area contributed by atoms with E-state index < -0.39 is 6.17 Å². The van der Waals surface area contributed by atoms with Crippen LogP contribution in [-0.2, 0) is 4.79 Å². The quantitative estimate of drug-likeness (QED) is 0.275. The van der Waals surface area contributed by atoms with Crippen molar-refractivity contribution in [2.24, 2.45) is 0 Å². The number of carbonyl (C=O) groups is 1. The summed E-state index contributed by atoms with van der Waals surface area (Å²) in [5, 5.41) is 12.7. The smallest absolute Gasteiger partial charge is 0.319 e. The molecule has 0 bridgehead atoms. The molecule has 1 amide bonds. The third kappa shape index (κ3) is 4.98. The molecule has 0 aliphatic carbocycles. The summed E-state index contributed by atoms with van der Waals surface area (Å²) in [5.41, 5.74) is 2.94. The van der Waals surface area contributed by atoms with Crippen molar-refractivity contribution in [1.82, 2.24) is 24.8 Å². The van der Waals surface area contributed by atoms with Crippen molar-refractivity contribution in [1.29, 1.82) is 5.26 Å². The van der Waals surface area contributed by atoms with E-state index in [2.05, 4.69) is 46.0 Å². The van der Waals surface area contributed by atoms with Gasteiger partial charge < -0.3 is 14.5 Å². The van der Waals surface area contributed by atoms with E-state index in [4.69, 9.17) is 19.7 Å². The molecular formula is C32H32FN7O2S. The van der Waals surface area contributed by atoms with Crippen LogP contribution in [0.5, 0.6) is 6.01 Å². The molecule has 3 atom stereocenters. The molecule has 3 fully saturated rings. The van der Waals surface area contributed by atoms with E-state index in [1.165, 1.54) is 10.8 Å². The number of ether oxygens (including phenoxy) is 1. The average molecular weight is 598 g/mol. The zero-order chi connectivity index (χ0) is 29.6. The van der Waals surface area contributed by atoms with Gasteiger partial charge in [0.25, 0.3) is 0 Å². The number of amides is 1. The number of piperazine rings is 1. The highest BCUT2D eigenvalue weighted by Crippen LogP contribution is 2.41. The maximum Gasteiger partial charge on any atom is 0.319 e. The van der Waals surface area contributed by atoms with Gasteiger partial charge in [-0.15, -0.1) is 11.3 Å². The highest BCUT2D eigenvalue weighted by molar-refractivity contribution is 7.17. The summed E-state index contributed by atoms with van der Waals surface area (Å²) in [7, 11) is 0. The molecule has 11 heteroatoms. The van der Waals surface area contributed by atoms with Gasteiger partial charge >= 0.3 is 6.01 Å². The Bertz CT molecular complexity index is 1750. The number of rotatable bonds is 7. The Hall–Kier alpha value is -4.14. The first kappa shape index (κ1) is 27.7. The molecule has 3 aliphatic heterocycles. The molecule has 7 rings (SSSR count). The fraction of sp³-hybridized carbons (Fsp3) is 0.406. The van der Waals surface area contributed by atoms with Crippen molar-refractivity contribution in [2.45, 2.75) is 43.4 Å². The van der Waals surface area contributed by atoms with E-state index in [0.29, 0.717) is 56.1 Å². The molecule has 43 heavy (non-hydrogen) atoms. The predicted octanol–water partition coefficient (Wildman–Crippen LogP) is 4.98. The summed E-state index contributed by atoms with van der Waals surface area (Å²) in [6.45, 7) is 6.61. The molecule has 3 aliphatic rings. The van der Waals surface area contributed by atoms with Gasteiger partial charge in [0.1, 0.15) is 18.3 Å². The number of halogens is 1. The van der Waals surface area contributed by atoms with E-state index in [1.54, 1.807) is 16.2 Å². The highest BCUT2D eigenvalue weighted by atomic mass is 32.1. The average Bonchev–Trinajstić information content (AvgIpc) is 3.73. The normalized spacial score (nSPS) is 23.9. The molecule has 0 radical (unpaired) electrons. The SMILES string of the molecule is C=CC(=O)N1CCN(c2nc(OCC34CCCN3C[C@H](F)C4)nc3cc(-c4cccc5sccc45)cnc23)C[C@@H]1CC#N. The number of carbonyl (C=O) groups excluding carboxylic acids is 1. The number of anilines is 1. The lowest BCUT2D eigenvalue weighted by Crippen LogP contribution is -2.55. The van der Waals surface area contributed by atoms with Gasteiger partial charge in [-0.3, -0.25) is 14.7 Å². The number of thiophene rings is 1. The van der Waals surface area contributed by atoms with Crippen LogP contribution < -0.4 is 9.64 Å². The molecule has 3 saturated heterocycles. The molecule has 4 aromatic rings. The second kappa shape index (κ2) is 11.2. The van der Waals surface area contributed by atoms with Gasteiger partial charge in [-0.2, -0.15) is 15.2 Å². The molecule has 9 nitrogen and oxygen atoms in total. The van der Waals surface area contributed by atoms with Gasteiger partial charge in [0, 0.05) is 54.4 Å². The maximum atomic E-state index is 14.4. The molecule has 1 unspecified atom stereocenters. The van der Waals surface area contributed by atoms with Gasteiger partial charge in [0.05, 0.1) is 29.6 Å². The maximum absolute atomic E-state index is 14.4. The third-order valence-corrected chi connectivity index (χ3v) is 9.98. The molecule has 1 aromatic carbocycles. The zero-order valence-electron chi connectivity index (χ0n) is 23.8. The number of hydrogen-bond acceptors (Lipinski definition) is 9. The van der Waals surface area contributed by atoms with Crippen LogP contribution in [0.1, 0.15) is 25.7 Å². The van der Waals surface area contributed by atoms with Gasteiger partial charge in [-0.05, 0) is 54.6 Å². The predicted molar refractivity (Wildman–Crippen MR) is 165 cm³/mol. The Morgan fingerprint density at radius 2 is 2.16 bits per heavy atom. The third-order valence-electron chi connectivity index (χ3n) is 9.10. The van der Waals surface area contributed by atoms with Crippen molar-refractivity contribution in [3.05, 3.63) is 54.6 Å². The minimum absolute atomic E-state index is 0.188. The van der Waals surface area contributed by atoms with Crippen molar-refractivity contribution in [3.8, 4) is 23.2 Å². The standard InChI is InChI=1S/C32H32FN7O2S/c1-2-28(41)40-13-12-38(19-23(40)7-10-34)30-29-26(15-21(17-35-29)24-5-3-6-27-25(24)8-14-43-27)36-31(37-30)42-20-32-9-4-11-39(32)18-22(33)16-32/h2-3,5-6,8,14-15,17,22-23H,1,4,7,9,11-13,16,18-20H2/t22-,23+,32?/m1/s1.